The summed E-state index contributed by atoms with van der Waals surface area (Å²) in [7, 11) is 0. The Morgan fingerprint density at radius 2 is 1.79 bits per heavy atom. The van der Waals surface area contributed by atoms with Crippen molar-refractivity contribution in [1.29, 1.82) is 0 Å². The molecule has 1 amide bonds. The second kappa shape index (κ2) is 6.71. The van der Waals surface area contributed by atoms with Gasteiger partial charge in [0.1, 0.15) is 0 Å². The first-order chi connectivity index (χ1) is 9.24. The topological polar surface area (TPSA) is 46.3 Å². The van der Waals surface area contributed by atoms with Gasteiger partial charge in [0.15, 0.2) is 0 Å². The highest BCUT2D eigenvalue weighted by molar-refractivity contribution is 5.79. The first-order valence-corrected chi connectivity index (χ1v) is 7.31. The molecule has 1 saturated heterocycles. The second-order valence-electron chi connectivity index (χ2n) is 5.34. The highest BCUT2D eigenvalue weighted by Gasteiger charge is 2.25. The number of nitrogens with zero attached hydrogens (tertiary/aromatic N) is 1. The number of likely N-dealkylation sites (tertiary alicyclic amines) is 1. The van der Waals surface area contributed by atoms with Crippen LogP contribution in [-0.4, -0.2) is 30.4 Å². The van der Waals surface area contributed by atoms with Crippen molar-refractivity contribution in [3.05, 3.63) is 35.4 Å². The number of benzene rings is 1. The van der Waals surface area contributed by atoms with E-state index in [0.29, 0.717) is 6.54 Å². The summed E-state index contributed by atoms with van der Waals surface area (Å²) in [5.41, 5.74) is 8.34. The maximum Gasteiger partial charge on any atom is 0.227 e. The van der Waals surface area contributed by atoms with Gasteiger partial charge in [-0.2, -0.15) is 0 Å². The molecule has 1 unspecified atom stereocenters. The molecule has 2 N–H and O–H groups in total. The van der Waals surface area contributed by atoms with E-state index in [4.69, 9.17) is 5.73 Å². The van der Waals surface area contributed by atoms with E-state index in [2.05, 4.69) is 31.2 Å². The van der Waals surface area contributed by atoms with E-state index in [1.165, 1.54) is 11.1 Å². The smallest absolute Gasteiger partial charge is 0.227 e. The van der Waals surface area contributed by atoms with Crippen LogP contribution in [0.15, 0.2) is 24.3 Å². The zero-order valence-electron chi connectivity index (χ0n) is 11.8. The molecule has 0 aromatic heterocycles. The summed E-state index contributed by atoms with van der Waals surface area (Å²) in [6.45, 7) is 4.40. The third-order valence-corrected chi connectivity index (χ3v) is 3.96. The summed E-state index contributed by atoms with van der Waals surface area (Å²) in [5, 5.41) is 0. The average Bonchev–Trinajstić information content (AvgIpc) is 2.99. The van der Waals surface area contributed by atoms with Crippen LogP contribution in [0.1, 0.15) is 30.9 Å². The molecule has 0 aliphatic carbocycles. The second-order valence-corrected chi connectivity index (χ2v) is 5.34. The summed E-state index contributed by atoms with van der Waals surface area (Å²) in [5.74, 6) is 0.171. The van der Waals surface area contributed by atoms with Gasteiger partial charge in [0.2, 0.25) is 5.91 Å². The Hall–Kier alpha value is -1.35. The molecule has 1 aromatic carbocycles. The molecule has 3 nitrogen and oxygen atoms in total. The van der Waals surface area contributed by atoms with Crippen molar-refractivity contribution in [2.75, 3.05) is 19.6 Å². The maximum absolute atomic E-state index is 12.3. The van der Waals surface area contributed by atoms with Gasteiger partial charge in [0, 0.05) is 19.6 Å². The molecule has 2 rings (SSSR count). The fraction of sp³-hybridized carbons (Fsp3) is 0.562. The number of carbonyl (C=O) groups is 1. The molecule has 0 saturated carbocycles. The Kier molecular flexibility index (Phi) is 4.97. The third kappa shape index (κ3) is 3.57. The monoisotopic (exact) mass is 260 g/mol. The lowest BCUT2D eigenvalue weighted by atomic mass is 9.97. The summed E-state index contributed by atoms with van der Waals surface area (Å²) >= 11 is 0. The van der Waals surface area contributed by atoms with E-state index in [-0.39, 0.29) is 11.8 Å². The average molecular weight is 260 g/mol. The van der Waals surface area contributed by atoms with Crippen molar-refractivity contribution in [3.8, 4) is 0 Å². The zero-order chi connectivity index (χ0) is 13.7. The number of hydrogen-bond donors (Lipinski definition) is 1. The number of amides is 1. The highest BCUT2D eigenvalue weighted by Crippen LogP contribution is 2.16. The van der Waals surface area contributed by atoms with Crippen LogP contribution in [-0.2, 0) is 17.6 Å². The Bertz CT molecular complexity index is 407. The number of carbonyl (C=O) groups excluding carboxylic acids is 1. The minimum atomic E-state index is -0.0643. The molecule has 1 heterocycles. The van der Waals surface area contributed by atoms with Crippen LogP contribution in [0.4, 0.5) is 0 Å². The number of hydrogen-bond acceptors (Lipinski definition) is 2. The van der Waals surface area contributed by atoms with Crippen molar-refractivity contribution < 1.29 is 4.79 Å². The third-order valence-electron chi connectivity index (χ3n) is 3.96. The molecule has 0 radical (unpaired) electrons. The number of nitrogens with two attached hydrogens (primary N) is 1. The largest absolute Gasteiger partial charge is 0.342 e. The normalized spacial score (nSPS) is 16.6. The lowest BCUT2D eigenvalue weighted by Crippen LogP contribution is -2.38. The van der Waals surface area contributed by atoms with Crippen LogP contribution in [0.25, 0.3) is 0 Å². The maximum atomic E-state index is 12.3. The molecule has 19 heavy (non-hydrogen) atoms. The first-order valence-electron chi connectivity index (χ1n) is 7.31. The minimum absolute atomic E-state index is 0.0643. The van der Waals surface area contributed by atoms with Gasteiger partial charge < -0.3 is 10.6 Å². The van der Waals surface area contributed by atoms with E-state index >= 15 is 0 Å². The predicted molar refractivity (Wildman–Crippen MR) is 77.9 cm³/mol. The van der Waals surface area contributed by atoms with Crippen LogP contribution < -0.4 is 5.73 Å². The van der Waals surface area contributed by atoms with E-state index in [1.807, 2.05) is 4.90 Å². The molecule has 3 heteroatoms. The van der Waals surface area contributed by atoms with Crippen molar-refractivity contribution in [2.24, 2.45) is 11.7 Å². The van der Waals surface area contributed by atoms with E-state index in [9.17, 15) is 4.79 Å². The van der Waals surface area contributed by atoms with Gasteiger partial charge in [-0.05, 0) is 36.8 Å². The summed E-state index contributed by atoms with van der Waals surface area (Å²) in [6, 6.07) is 8.53. The van der Waals surface area contributed by atoms with Gasteiger partial charge in [-0.15, -0.1) is 0 Å². The quantitative estimate of drug-likeness (QED) is 0.880. The molecule has 1 aliphatic rings. The molecule has 0 spiro atoms. The van der Waals surface area contributed by atoms with Gasteiger partial charge in [0.05, 0.1) is 5.92 Å². The zero-order valence-corrected chi connectivity index (χ0v) is 11.8. The standard InChI is InChI=1S/C16H24N2O/c1-2-13-5-7-14(8-6-13)11-15(12-17)16(19)18-9-3-4-10-18/h5-8,15H,2-4,9-12,17H2,1H3. The molecule has 1 fully saturated rings. The molecular weight excluding hydrogens is 236 g/mol. The molecular formula is C16H24N2O. The summed E-state index contributed by atoms with van der Waals surface area (Å²) < 4.78 is 0. The van der Waals surface area contributed by atoms with Gasteiger partial charge >= 0.3 is 0 Å². The van der Waals surface area contributed by atoms with Crippen molar-refractivity contribution in [3.63, 3.8) is 0 Å². The van der Waals surface area contributed by atoms with Gasteiger partial charge in [-0.1, -0.05) is 31.2 Å². The Morgan fingerprint density at radius 3 is 2.32 bits per heavy atom. The Labute approximate surface area is 115 Å². The van der Waals surface area contributed by atoms with Crippen LogP contribution in [0, 0.1) is 5.92 Å². The fourth-order valence-electron chi connectivity index (χ4n) is 2.66. The molecule has 0 bridgehead atoms. The van der Waals surface area contributed by atoms with Gasteiger partial charge in [0.25, 0.3) is 0 Å². The number of rotatable bonds is 5. The predicted octanol–water partition coefficient (Wildman–Crippen LogP) is 1.99. The van der Waals surface area contributed by atoms with Crippen LogP contribution >= 0.6 is 0 Å². The Morgan fingerprint density at radius 1 is 1.21 bits per heavy atom. The first kappa shape index (κ1) is 14.1. The van der Waals surface area contributed by atoms with E-state index in [1.54, 1.807) is 0 Å². The molecule has 1 aromatic rings. The molecule has 1 aliphatic heterocycles. The fourth-order valence-corrected chi connectivity index (χ4v) is 2.66. The van der Waals surface area contributed by atoms with E-state index in [0.717, 1.165) is 38.8 Å². The van der Waals surface area contributed by atoms with Crippen molar-refractivity contribution in [2.45, 2.75) is 32.6 Å². The van der Waals surface area contributed by atoms with E-state index < -0.39 is 0 Å². The van der Waals surface area contributed by atoms with Crippen LogP contribution in [0.5, 0.6) is 0 Å². The van der Waals surface area contributed by atoms with Crippen molar-refractivity contribution in [1.82, 2.24) is 4.90 Å². The Balaban J connectivity index is 1.99. The van der Waals surface area contributed by atoms with Crippen molar-refractivity contribution >= 4 is 5.91 Å². The number of aryl methyl sites for hydroxylation is 1. The van der Waals surface area contributed by atoms with Crippen LogP contribution in [0.2, 0.25) is 0 Å². The summed E-state index contributed by atoms with van der Waals surface area (Å²) in [4.78, 5) is 14.3. The van der Waals surface area contributed by atoms with Crippen LogP contribution in [0.3, 0.4) is 0 Å². The minimum Gasteiger partial charge on any atom is -0.342 e. The highest BCUT2D eigenvalue weighted by atomic mass is 16.2. The lowest BCUT2D eigenvalue weighted by Gasteiger charge is -2.22. The SMILES string of the molecule is CCc1ccc(CC(CN)C(=O)N2CCCC2)cc1. The van der Waals surface area contributed by atoms with Gasteiger partial charge in [-0.25, -0.2) is 0 Å². The van der Waals surface area contributed by atoms with Gasteiger partial charge in [-0.3, -0.25) is 4.79 Å². The molecule has 1 atom stereocenters. The lowest BCUT2D eigenvalue weighted by molar-refractivity contribution is -0.134. The molecule has 104 valence electrons. The summed E-state index contributed by atoms with van der Waals surface area (Å²) in [6.07, 6.45) is 4.07.